The summed E-state index contributed by atoms with van der Waals surface area (Å²) in [4.78, 5) is 25.3. The fourth-order valence-corrected chi connectivity index (χ4v) is 5.02. The molecule has 4 aromatic rings. The van der Waals surface area contributed by atoms with Gasteiger partial charge in [-0.1, -0.05) is 30.3 Å². The molecule has 2 aliphatic heterocycles. The van der Waals surface area contributed by atoms with Gasteiger partial charge in [-0.05, 0) is 41.8 Å². The molecule has 3 heterocycles. The van der Waals surface area contributed by atoms with E-state index in [-0.39, 0.29) is 18.3 Å². The third-order valence-electron chi connectivity index (χ3n) is 6.51. The highest BCUT2D eigenvalue weighted by atomic mass is 16.6. The molecule has 0 bridgehead atoms. The van der Waals surface area contributed by atoms with Crippen LogP contribution in [0.4, 0.5) is 0 Å². The summed E-state index contributed by atoms with van der Waals surface area (Å²) in [6.07, 6.45) is 0.152. The molecule has 0 spiro atoms. The molecular weight excluding hydrogens is 448 g/mol. The van der Waals surface area contributed by atoms with Gasteiger partial charge >= 0.3 is 11.6 Å². The van der Waals surface area contributed by atoms with Crippen LogP contribution in [0.2, 0.25) is 0 Å². The normalized spacial score (nSPS) is 16.5. The largest absolute Gasteiger partial charge is 0.493 e. The molecule has 6 rings (SSSR count). The molecule has 7 nitrogen and oxygen atoms in total. The Morgan fingerprint density at radius 2 is 1.74 bits per heavy atom. The third kappa shape index (κ3) is 3.51. The molecular formula is C28H22O7. The first kappa shape index (κ1) is 21.3. The van der Waals surface area contributed by atoms with E-state index >= 15 is 0 Å². The number of hydrogen-bond donors (Lipinski definition) is 0. The summed E-state index contributed by atoms with van der Waals surface area (Å²) in [6, 6.07) is 16.6. The molecule has 0 unspecified atom stereocenters. The van der Waals surface area contributed by atoms with E-state index in [0.717, 1.165) is 22.3 Å². The second-order valence-electron chi connectivity index (χ2n) is 8.63. The van der Waals surface area contributed by atoms with E-state index in [4.69, 9.17) is 23.4 Å². The molecule has 7 heteroatoms. The molecule has 0 aliphatic carbocycles. The van der Waals surface area contributed by atoms with Gasteiger partial charge in [-0.3, -0.25) is 4.79 Å². The Bertz CT molecular complexity index is 1520. The maximum Gasteiger partial charge on any atom is 0.336 e. The van der Waals surface area contributed by atoms with Crippen molar-refractivity contribution in [1.29, 1.82) is 0 Å². The number of esters is 1. The molecule has 1 atom stereocenters. The smallest absolute Gasteiger partial charge is 0.336 e. The first-order valence-corrected chi connectivity index (χ1v) is 11.4. The number of fused-ring (bicyclic) bond motifs is 4. The number of benzene rings is 3. The molecule has 0 amide bonds. The van der Waals surface area contributed by atoms with Crippen molar-refractivity contribution in [3.63, 3.8) is 0 Å². The number of carbonyl (C=O) groups is 1. The zero-order valence-electron chi connectivity index (χ0n) is 19.3. The van der Waals surface area contributed by atoms with E-state index < -0.39 is 5.63 Å². The molecule has 0 saturated carbocycles. The SMILES string of the molecule is COc1cc([C@H]2CC(=O)Oc3c2c(C)cc2oc(=O)cc(-c4ccccc4)c32)cc2c1OCCO2. The first-order chi connectivity index (χ1) is 17.0. The van der Waals surface area contributed by atoms with Gasteiger partial charge < -0.3 is 23.4 Å². The minimum atomic E-state index is -0.467. The minimum Gasteiger partial charge on any atom is -0.493 e. The molecule has 0 radical (unpaired) electrons. The van der Waals surface area contributed by atoms with E-state index in [9.17, 15) is 9.59 Å². The van der Waals surface area contributed by atoms with E-state index in [0.29, 0.717) is 52.7 Å². The highest BCUT2D eigenvalue weighted by molar-refractivity contribution is 6.01. The van der Waals surface area contributed by atoms with Crippen LogP contribution in [0.1, 0.15) is 29.0 Å². The molecule has 1 aromatic heterocycles. The van der Waals surface area contributed by atoms with Gasteiger partial charge in [0.15, 0.2) is 11.5 Å². The molecule has 3 aromatic carbocycles. The summed E-state index contributed by atoms with van der Waals surface area (Å²) < 4.78 is 28.6. The Balaban J connectivity index is 1.63. The maximum absolute atomic E-state index is 12.9. The van der Waals surface area contributed by atoms with E-state index in [1.807, 2.05) is 55.5 Å². The predicted octanol–water partition coefficient (Wildman–Crippen LogP) is 4.99. The van der Waals surface area contributed by atoms with Crippen molar-refractivity contribution in [2.75, 3.05) is 20.3 Å². The lowest BCUT2D eigenvalue weighted by Crippen LogP contribution is -2.23. The van der Waals surface area contributed by atoms with Crippen molar-refractivity contribution in [2.45, 2.75) is 19.3 Å². The van der Waals surface area contributed by atoms with Crippen molar-refractivity contribution in [2.24, 2.45) is 0 Å². The Kier molecular flexibility index (Phi) is 4.99. The summed E-state index contributed by atoms with van der Waals surface area (Å²) in [6.45, 7) is 2.81. The van der Waals surface area contributed by atoms with Crippen molar-refractivity contribution in [1.82, 2.24) is 0 Å². The first-order valence-electron chi connectivity index (χ1n) is 11.4. The van der Waals surface area contributed by atoms with Crippen molar-refractivity contribution < 1.29 is 28.2 Å². The average Bonchev–Trinajstić information content (AvgIpc) is 2.87. The van der Waals surface area contributed by atoms with E-state index in [2.05, 4.69) is 0 Å². The second kappa shape index (κ2) is 8.20. The third-order valence-corrected chi connectivity index (χ3v) is 6.51. The molecule has 35 heavy (non-hydrogen) atoms. The number of hydrogen-bond acceptors (Lipinski definition) is 7. The Labute approximate surface area is 200 Å². The number of aryl methyl sites for hydroxylation is 1. The highest BCUT2D eigenvalue weighted by Gasteiger charge is 2.34. The van der Waals surface area contributed by atoms with Crippen LogP contribution in [0, 0.1) is 6.92 Å². The van der Waals surface area contributed by atoms with Gasteiger partial charge in [0.1, 0.15) is 24.5 Å². The second-order valence-corrected chi connectivity index (χ2v) is 8.63. The quantitative estimate of drug-likeness (QED) is 0.237. The van der Waals surface area contributed by atoms with Gasteiger partial charge in [0.25, 0.3) is 0 Å². The van der Waals surface area contributed by atoms with E-state index in [1.54, 1.807) is 7.11 Å². The van der Waals surface area contributed by atoms with Gasteiger partial charge in [-0.2, -0.15) is 0 Å². The fourth-order valence-electron chi connectivity index (χ4n) is 5.02. The standard InChI is InChI=1S/C28H22O7/c1-15-10-20-26(18(13-23(29)34-20)16-6-4-3-5-7-16)28-25(15)19(14-24(30)35-28)17-11-21(31-2)27-22(12-17)32-8-9-33-27/h3-7,10-13,19H,8-9,14H2,1-2H3/t19-/m1/s1. The van der Waals surface area contributed by atoms with Crippen molar-refractivity contribution in [3.05, 3.63) is 81.7 Å². The lowest BCUT2D eigenvalue weighted by molar-refractivity contribution is -0.135. The fraction of sp³-hybridized carbons (Fsp3) is 0.214. The topological polar surface area (TPSA) is 84.2 Å². The summed E-state index contributed by atoms with van der Waals surface area (Å²) in [5.74, 6) is 1.43. The number of rotatable bonds is 3. The molecule has 0 N–H and O–H groups in total. The maximum atomic E-state index is 12.9. The van der Waals surface area contributed by atoms with Crippen LogP contribution in [0.5, 0.6) is 23.0 Å². The van der Waals surface area contributed by atoms with E-state index in [1.165, 1.54) is 6.07 Å². The number of carbonyl (C=O) groups excluding carboxylic acids is 1. The average molecular weight is 470 g/mol. The van der Waals surface area contributed by atoms with Gasteiger partial charge in [0, 0.05) is 23.1 Å². The Morgan fingerprint density at radius 1 is 0.943 bits per heavy atom. The van der Waals surface area contributed by atoms with Crippen LogP contribution in [0.3, 0.4) is 0 Å². The van der Waals surface area contributed by atoms with Crippen LogP contribution in [0.15, 0.2) is 63.8 Å². The summed E-state index contributed by atoms with van der Waals surface area (Å²) in [5, 5.41) is 0.596. The van der Waals surface area contributed by atoms with Crippen LogP contribution in [0.25, 0.3) is 22.1 Å². The minimum absolute atomic E-state index is 0.152. The predicted molar refractivity (Wildman–Crippen MR) is 129 cm³/mol. The zero-order chi connectivity index (χ0) is 24.1. The molecule has 2 aliphatic rings. The molecule has 0 fully saturated rings. The molecule has 0 saturated heterocycles. The van der Waals surface area contributed by atoms with Crippen LogP contribution < -0.4 is 24.6 Å². The monoisotopic (exact) mass is 470 g/mol. The van der Waals surface area contributed by atoms with Crippen LogP contribution in [-0.4, -0.2) is 26.3 Å². The Morgan fingerprint density at radius 3 is 2.54 bits per heavy atom. The van der Waals surface area contributed by atoms with Gasteiger partial charge in [0.2, 0.25) is 5.75 Å². The van der Waals surface area contributed by atoms with Gasteiger partial charge in [-0.25, -0.2) is 4.79 Å². The van der Waals surface area contributed by atoms with Crippen molar-refractivity contribution in [3.8, 4) is 34.1 Å². The number of ether oxygens (including phenoxy) is 4. The number of methoxy groups -OCH3 is 1. The highest BCUT2D eigenvalue weighted by Crippen LogP contribution is 2.50. The van der Waals surface area contributed by atoms with Gasteiger partial charge in [-0.15, -0.1) is 0 Å². The zero-order valence-corrected chi connectivity index (χ0v) is 19.3. The van der Waals surface area contributed by atoms with Crippen LogP contribution >= 0.6 is 0 Å². The van der Waals surface area contributed by atoms with Gasteiger partial charge in [0.05, 0.1) is 18.9 Å². The van der Waals surface area contributed by atoms with Crippen molar-refractivity contribution >= 4 is 16.9 Å². The summed E-state index contributed by atoms with van der Waals surface area (Å²) in [5.41, 5.74) is 3.96. The summed E-state index contributed by atoms with van der Waals surface area (Å²) in [7, 11) is 1.58. The molecule has 176 valence electrons. The Hall–Kier alpha value is -4.26. The summed E-state index contributed by atoms with van der Waals surface area (Å²) >= 11 is 0. The van der Waals surface area contributed by atoms with Crippen LogP contribution in [-0.2, 0) is 4.79 Å². The lowest BCUT2D eigenvalue weighted by Gasteiger charge is -2.29. The lowest BCUT2D eigenvalue weighted by atomic mass is 9.82.